The average molecular weight is 916 g/mol. The zero-order chi connectivity index (χ0) is 37.3. The zero-order valence-electron chi connectivity index (χ0n) is 33.9. The summed E-state index contributed by atoms with van der Waals surface area (Å²) in [6, 6.07) is 32.2. The van der Waals surface area contributed by atoms with Crippen LogP contribution in [0.4, 0.5) is 0 Å². The molecular weight excluding hydrogens is 844 g/mol. The molecule has 5 heteroatoms. The number of nitrogens with zero attached hydrogens (tertiary/aromatic N) is 3. The van der Waals surface area contributed by atoms with Crippen LogP contribution in [0.1, 0.15) is 130 Å². The molecule has 0 N–H and O–H groups in total. The van der Waals surface area contributed by atoms with Gasteiger partial charge in [0.25, 0.3) is 0 Å². The van der Waals surface area contributed by atoms with Crippen molar-refractivity contribution >= 4 is 40.5 Å². The van der Waals surface area contributed by atoms with Crippen LogP contribution in [0.2, 0.25) is 26.6 Å². The zero-order valence-corrected chi connectivity index (χ0v) is 39.6. The molecule has 3 nitrogen and oxygen atoms in total. The standard InChI is InChI=1S/C15H12N3.C8H5.6C4H9.2Sn/c1-3-7-13(8-4-1)12-18-15(11-16-17-18)14-9-5-2-6-10-14;1-2-8-6-4-3-5-7-8;6*1-3-4-2;;/h1-10H,12H2;3-7H;6*1,3-4H2,2H3;;. The maximum absolute atomic E-state index is 5.03. The Balaban J connectivity index is 0.000000304. The molecule has 0 spiro atoms. The maximum atomic E-state index is 5.03. The molecule has 0 atom stereocenters. The molecule has 0 amide bonds. The molecule has 4 rings (SSSR count). The van der Waals surface area contributed by atoms with Gasteiger partial charge in [-0.25, -0.2) is 0 Å². The van der Waals surface area contributed by atoms with E-state index in [9.17, 15) is 0 Å². The SMILES string of the molecule is CCC[CH2][Sn]([CH2]CCC)([CH2]CCC)[c]1nnn(Cc2ccccc2)c1-c1ccccc1.CCC[CH2][Sn]([C]#Cc1ccccc1)([CH2]CCC)[CH2]CCC. The van der Waals surface area contributed by atoms with E-state index in [1.54, 1.807) is 0 Å². The van der Waals surface area contributed by atoms with Crippen molar-refractivity contribution in [1.29, 1.82) is 0 Å². The van der Waals surface area contributed by atoms with Gasteiger partial charge in [0.1, 0.15) is 0 Å². The van der Waals surface area contributed by atoms with Gasteiger partial charge in [-0.15, -0.1) is 0 Å². The first-order valence-corrected chi connectivity index (χ1v) is 36.1. The van der Waals surface area contributed by atoms with Crippen LogP contribution < -0.4 is 3.71 Å². The van der Waals surface area contributed by atoms with Crippen molar-refractivity contribution in [2.45, 2.75) is 152 Å². The van der Waals surface area contributed by atoms with Gasteiger partial charge >= 0.3 is 330 Å². The summed E-state index contributed by atoms with van der Waals surface area (Å²) in [5.41, 5.74) is 5.09. The molecular formula is C47H71N3Sn2. The Hall–Kier alpha value is -2.04. The summed E-state index contributed by atoms with van der Waals surface area (Å²) in [5.74, 6) is 3.56. The van der Waals surface area contributed by atoms with Gasteiger partial charge in [-0.2, -0.15) is 0 Å². The van der Waals surface area contributed by atoms with Crippen LogP contribution in [-0.2, 0) is 6.54 Å². The molecule has 1 aromatic heterocycles. The minimum absolute atomic E-state index is 0.787. The molecule has 0 radical (unpaired) electrons. The minimum atomic E-state index is -2.71. The quantitative estimate of drug-likeness (QED) is 0.0581. The van der Waals surface area contributed by atoms with Crippen molar-refractivity contribution in [3.63, 3.8) is 0 Å². The summed E-state index contributed by atoms with van der Waals surface area (Å²) in [4.78, 5) is 0. The van der Waals surface area contributed by atoms with E-state index in [1.165, 1.54) is 130 Å². The Morgan fingerprint density at radius 3 is 1.40 bits per heavy atom. The summed E-state index contributed by atoms with van der Waals surface area (Å²) in [6.45, 7) is 14.7. The second kappa shape index (κ2) is 25.9. The van der Waals surface area contributed by atoms with Crippen LogP contribution in [-0.4, -0.2) is 51.7 Å². The molecule has 4 aromatic rings. The molecule has 0 aliphatic heterocycles. The van der Waals surface area contributed by atoms with Gasteiger partial charge in [0.2, 0.25) is 0 Å². The third kappa shape index (κ3) is 14.7. The summed E-state index contributed by atoms with van der Waals surface area (Å²) < 4.78 is 16.2. The van der Waals surface area contributed by atoms with Crippen LogP contribution in [0.3, 0.4) is 0 Å². The molecule has 0 aliphatic rings. The Morgan fingerprint density at radius 1 is 0.519 bits per heavy atom. The first kappa shape index (κ1) is 44.4. The van der Waals surface area contributed by atoms with E-state index in [4.69, 9.17) is 10.3 Å². The van der Waals surface area contributed by atoms with Gasteiger partial charge in [0, 0.05) is 0 Å². The van der Waals surface area contributed by atoms with Crippen LogP contribution in [0, 0.1) is 9.86 Å². The van der Waals surface area contributed by atoms with Gasteiger partial charge in [0.15, 0.2) is 0 Å². The predicted octanol–water partition coefficient (Wildman–Crippen LogP) is 13.5. The van der Waals surface area contributed by atoms with Crippen molar-refractivity contribution in [3.05, 3.63) is 102 Å². The molecule has 282 valence electrons. The summed E-state index contributed by atoms with van der Waals surface area (Å²) in [6.07, 6.45) is 16.0. The molecule has 0 saturated carbocycles. The molecule has 0 fully saturated rings. The Bertz CT molecular complexity index is 1500. The average Bonchev–Trinajstić information content (AvgIpc) is 3.62. The molecule has 0 bridgehead atoms. The van der Waals surface area contributed by atoms with Gasteiger partial charge in [0.05, 0.1) is 0 Å². The summed E-state index contributed by atoms with van der Waals surface area (Å²) in [5, 5.41) is 9.82. The van der Waals surface area contributed by atoms with Crippen LogP contribution >= 0.6 is 0 Å². The molecule has 52 heavy (non-hydrogen) atoms. The van der Waals surface area contributed by atoms with Crippen molar-refractivity contribution in [2.75, 3.05) is 0 Å². The van der Waals surface area contributed by atoms with E-state index in [1.807, 2.05) is 0 Å². The third-order valence-electron chi connectivity index (χ3n) is 10.8. The van der Waals surface area contributed by atoms with Crippen molar-refractivity contribution < 1.29 is 0 Å². The van der Waals surface area contributed by atoms with Crippen LogP contribution in [0.5, 0.6) is 0 Å². The molecule has 3 aromatic carbocycles. The fraction of sp³-hybridized carbons (Fsp3) is 0.532. The fourth-order valence-electron chi connectivity index (χ4n) is 7.53. The van der Waals surface area contributed by atoms with E-state index in [0.29, 0.717) is 0 Å². The number of unbranched alkanes of at least 4 members (excludes halogenated alkanes) is 6. The second-order valence-electron chi connectivity index (χ2n) is 15.1. The molecule has 0 saturated heterocycles. The van der Waals surface area contributed by atoms with Crippen molar-refractivity contribution in [3.8, 4) is 21.1 Å². The normalized spacial score (nSPS) is 11.4. The second-order valence-corrected chi connectivity index (χ2v) is 40.3. The van der Waals surface area contributed by atoms with Crippen molar-refractivity contribution in [2.24, 2.45) is 0 Å². The number of hydrogen-bond acceptors (Lipinski definition) is 2. The fourth-order valence-corrected chi connectivity index (χ4v) is 36.7. The van der Waals surface area contributed by atoms with Gasteiger partial charge in [-0.3, -0.25) is 0 Å². The number of rotatable bonds is 22. The Labute approximate surface area is 327 Å². The predicted molar refractivity (Wildman–Crippen MR) is 234 cm³/mol. The number of aromatic nitrogens is 3. The van der Waals surface area contributed by atoms with E-state index >= 15 is 0 Å². The van der Waals surface area contributed by atoms with Gasteiger partial charge < -0.3 is 0 Å². The summed E-state index contributed by atoms with van der Waals surface area (Å²) >= 11 is -4.96. The van der Waals surface area contributed by atoms with Gasteiger partial charge in [-0.1, -0.05) is 0 Å². The van der Waals surface area contributed by atoms with Crippen LogP contribution in [0.15, 0.2) is 91.0 Å². The summed E-state index contributed by atoms with van der Waals surface area (Å²) in [7, 11) is 0. The number of hydrogen-bond donors (Lipinski definition) is 0. The Kier molecular flexibility index (Phi) is 22.1. The van der Waals surface area contributed by atoms with E-state index in [-0.39, 0.29) is 0 Å². The first-order chi connectivity index (χ1) is 25.5. The molecule has 0 unspecified atom stereocenters. The van der Waals surface area contributed by atoms with E-state index in [0.717, 1.165) is 6.54 Å². The monoisotopic (exact) mass is 917 g/mol. The van der Waals surface area contributed by atoms with E-state index < -0.39 is 36.8 Å². The first-order valence-electron chi connectivity index (χ1n) is 21.1. The third-order valence-corrected chi connectivity index (χ3v) is 38.9. The van der Waals surface area contributed by atoms with Crippen LogP contribution in [0.25, 0.3) is 11.3 Å². The van der Waals surface area contributed by atoms with E-state index in [2.05, 4.69) is 147 Å². The molecule has 1 heterocycles. The Morgan fingerprint density at radius 2 is 0.942 bits per heavy atom. The topological polar surface area (TPSA) is 30.7 Å². The van der Waals surface area contributed by atoms with Gasteiger partial charge in [-0.05, 0) is 0 Å². The van der Waals surface area contributed by atoms with Crippen molar-refractivity contribution in [1.82, 2.24) is 15.0 Å². The molecule has 0 aliphatic carbocycles. The number of benzene rings is 3.